The summed E-state index contributed by atoms with van der Waals surface area (Å²) in [4.78, 5) is 27.2. The van der Waals surface area contributed by atoms with Crippen molar-refractivity contribution in [2.45, 2.75) is 51.1 Å². The van der Waals surface area contributed by atoms with Crippen LogP contribution in [-0.4, -0.2) is 30.7 Å². The van der Waals surface area contributed by atoms with E-state index < -0.39 is 18.5 Å². The predicted molar refractivity (Wildman–Crippen MR) is 118 cm³/mol. The van der Waals surface area contributed by atoms with E-state index in [1.807, 2.05) is 32.0 Å². The van der Waals surface area contributed by atoms with Crippen molar-refractivity contribution in [2.24, 2.45) is 0 Å². The molecule has 30 heavy (non-hydrogen) atoms. The van der Waals surface area contributed by atoms with Gasteiger partial charge in [-0.1, -0.05) is 37.5 Å². The van der Waals surface area contributed by atoms with Gasteiger partial charge in [0.2, 0.25) is 5.52 Å². The summed E-state index contributed by atoms with van der Waals surface area (Å²) < 4.78 is 24.4. The predicted octanol–water partition coefficient (Wildman–Crippen LogP) is 5.87. The molecule has 1 radical (unpaired) electrons. The van der Waals surface area contributed by atoms with Gasteiger partial charge >= 0.3 is 0 Å². The summed E-state index contributed by atoms with van der Waals surface area (Å²) in [6.45, 7) is 3.68. The van der Waals surface area contributed by atoms with Crippen LogP contribution >= 0.6 is 7.80 Å². The maximum absolute atomic E-state index is 13.8. The minimum Gasteiger partial charge on any atom is -0.497 e. The van der Waals surface area contributed by atoms with Gasteiger partial charge in [0.1, 0.15) is 16.7 Å². The van der Waals surface area contributed by atoms with E-state index in [9.17, 15) is 14.2 Å². The molecule has 0 N–H and O–H groups in total. The highest BCUT2D eigenvalue weighted by Gasteiger charge is 2.49. The summed E-state index contributed by atoms with van der Waals surface area (Å²) in [5.74, 6) is 0.659. The highest BCUT2D eigenvalue weighted by molar-refractivity contribution is 7.67. The van der Waals surface area contributed by atoms with Crippen LogP contribution in [-0.2, 0) is 4.57 Å². The van der Waals surface area contributed by atoms with Gasteiger partial charge in [0, 0.05) is 11.6 Å². The smallest absolute Gasteiger partial charge is 0.243 e. The van der Waals surface area contributed by atoms with Crippen LogP contribution in [0.4, 0.5) is 0 Å². The first-order valence-corrected chi connectivity index (χ1v) is 11.5. The van der Waals surface area contributed by atoms with Crippen LogP contribution < -0.4 is 9.47 Å². The first-order valence-electron chi connectivity index (χ1n) is 10.2. The lowest BCUT2D eigenvalue weighted by Gasteiger charge is -2.34. The fraction of sp³-hybridized carbons (Fsp3) is 0.417. The van der Waals surface area contributed by atoms with Gasteiger partial charge in [-0.05, 0) is 49.9 Å². The maximum Gasteiger partial charge on any atom is 0.243 e. The van der Waals surface area contributed by atoms with Crippen LogP contribution in [0.2, 0.25) is 0 Å². The molecule has 0 bridgehead atoms. The first kappa shape index (κ1) is 22.2. The standard InChI is InChI=1S/C24H28O5P/c1-16-9-8-10-17(2)21(16)23(26)30(27)24(13-6-5-7-14-24)22(25)19-12-11-18(28-3)15-20(19)29-4/h8-12,15H,5-7,13-14H2,1-4H3. The number of benzene rings is 2. The Bertz CT molecular complexity index is 969. The Balaban J connectivity index is 2.08. The third-order valence-electron chi connectivity index (χ3n) is 6.02. The average molecular weight is 427 g/mol. The number of carbonyl (C=O) groups excluding carboxylic acids is 2. The van der Waals surface area contributed by atoms with Gasteiger partial charge in [-0.15, -0.1) is 0 Å². The lowest BCUT2D eigenvalue weighted by Crippen LogP contribution is -2.39. The molecule has 1 saturated carbocycles. The molecular weight excluding hydrogens is 399 g/mol. The molecular formula is C24H28O5P. The highest BCUT2D eigenvalue weighted by atomic mass is 31.1. The lowest BCUT2D eigenvalue weighted by atomic mass is 9.82. The molecule has 1 atom stereocenters. The van der Waals surface area contributed by atoms with Gasteiger partial charge in [0.25, 0.3) is 0 Å². The fourth-order valence-electron chi connectivity index (χ4n) is 4.34. The number of methoxy groups -OCH3 is 2. The molecule has 2 aromatic rings. The fourth-order valence-corrected chi connectivity index (χ4v) is 6.32. The molecule has 1 aliphatic rings. The Morgan fingerprint density at radius 2 is 1.57 bits per heavy atom. The molecule has 2 aromatic carbocycles. The van der Waals surface area contributed by atoms with Crippen molar-refractivity contribution < 1.29 is 23.6 Å². The summed E-state index contributed by atoms with van der Waals surface area (Å²) in [5, 5.41) is -1.21. The van der Waals surface area contributed by atoms with Crippen LogP contribution in [0.25, 0.3) is 0 Å². The van der Waals surface area contributed by atoms with Crippen molar-refractivity contribution in [1.82, 2.24) is 0 Å². The van der Waals surface area contributed by atoms with E-state index in [1.165, 1.54) is 7.11 Å². The molecule has 0 spiro atoms. The zero-order valence-electron chi connectivity index (χ0n) is 18.0. The van der Waals surface area contributed by atoms with Crippen LogP contribution in [0.5, 0.6) is 11.5 Å². The highest BCUT2D eigenvalue weighted by Crippen LogP contribution is 2.53. The zero-order chi connectivity index (χ0) is 21.9. The van der Waals surface area contributed by atoms with Crippen molar-refractivity contribution in [3.05, 3.63) is 58.7 Å². The van der Waals surface area contributed by atoms with E-state index in [1.54, 1.807) is 25.3 Å². The molecule has 0 saturated heterocycles. The Labute approximate surface area is 178 Å². The van der Waals surface area contributed by atoms with Gasteiger partial charge in [0.05, 0.1) is 19.8 Å². The van der Waals surface area contributed by atoms with E-state index in [2.05, 4.69) is 0 Å². The first-order chi connectivity index (χ1) is 14.4. The lowest BCUT2D eigenvalue weighted by molar-refractivity contribution is 0.0900. The van der Waals surface area contributed by atoms with E-state index in [0.717, 1.165) is 30.4 Å². The normalized spacial score (nSPS) is 15.9. The minimum absolute atomic E-state index is 0.276. The Hall–Kier alpha value is -2.52. The van der Waals surface area contributed by atoms with Crippen LogP contribution in [0.3, 0.4) is 0 Å². The molecule has 1 unspecified atom stereocenters. The maximum atomic E-state index is 13.8. The minimum atomic E-state index is -2.47. The number of hydrogen-bond donors (Lipinski definition) is 0. The quantitative estimate of drug-likeness (QED) is 0.408. The van der Waals surface area contributed by atoms with Crippen molar-refractivity contribution in [2.75, 3.05) is 14.2 Å². The molecule has 0 aromatic heterocycles. The van der Waals surface area contributed by atoms with Gasteiger partial charge < -0.3 is 9.47 Å². The SMILES string of the molecule is COc1ccc(C(=O)C2([P](=O)C(=O)c3c(C)cccc3C)CCCCC2)c(OC)c1. The van der Waals surface area contributed by atoms with Gasteiger partial charge in [0.15, 0.2) is 13.6 Å². The zero-order valence-corrected chi connectivity index (χ0v) is 18.9. The largest absolute Gasteiger partial charge is 0.497 e. The number of carbonyl (C=O) groups is 2. The molecule has 3 rings (SSSR count). The summed E-state index contributed by atoms with van der Waals surface area (Å²) in [6, 6.07) is 10.5. The summed E-state index contributed by atoms with van der Waals surface area (Å²) in [5.41, 5.74) is 1.95. The Morgan fingerprint density at radius 1 is 0.933 bits per heavy atom. The number of ketones is 1. The van der Waals surface area contributed by atoms with Crippen molar-refractivity contribution in [3.8, 4) is 11.5 Å². The van der Waals surface area contributed by atoms with Crippen LogP contribution in [0.1, 0.15) is 63.9 Å². The summed E-state index contributed by atoms with van der Waals surface area (Å²) in [6.07, 6.45) is 3.38. The van der Waals surface area contributed by atoms with Crippen LogP contribution in [0, 0.1) is 13.8 Å². The monoisotopic (exact) mass is 427 g/mol. The summed E-state index contributed by atoms with van der Waals surface area (Å²) >= 11 is 0. The van der Waals surface area contributed by atoms with E-state index in [4.69, 9.17) is 9.47 Å². The molecule has 1 aliphatic carbocycles. The molecule has 0 heterocycles. The number of ether oxygens (including phenoxy) is 2. The van der Waals surface area contributed by atoms with Crippen molar-refractivity contribution >= 4 is 19.1 Å². The van der Waals surface area contributed by atoms with E-state index in [-0.39, 0.29) is 5.78 Å². The van der Waals surface area contributed by atoms with Gasteiger partial charge in [-0.3, -0.25) is 14.2 Å². The summed E-state index contributed by atoms with van der Waals surface area (Å²) in [7, 11) is 0.558. The second-order valence-electron chi connectivity index (χ2n) is 7.85. The molecule has 6 heteroatoms. The van der Waals surface area contributed by atoms with Crippen molar-refractivity contribution in [3.63, 3.8) is 0 Å². The third kappa shape index (κ3) is 3.91. The van der Waals surface area contributed by atoms with Crippen molar-refractivity contribution in [1.29, 1.82) is 0 Å². The Morgan fingerprint density at radius 3 is 2.13 bits per heavy atom. The average Bonchev–Trinajstić information content (AvgIpc) is 2.77. The second-order valence-corrected chi connectivity index (χ2v) is 9.70. The van der Waals surface area contributed by atoms with Crippen LogP contribution in [0.15, 0.2) is 36.4 Å². The molecule has 1 fully saturated rings. The molecule has 0 amide bonds. The molecule has 5 nitrogen and oxygen atoms in total. The topological polar surface area (TPSA) is 69.7 Å². The second kappa shape index (κ2) is 9.09. The van der Waals surface area contributed by atoms with Gasteiger partial charge in [-0.25, -0.2) is 0 Å². The number of hydrogen-bond acceptors (Lipinski definition) is 5. The van der Waals surface area contributed by atoms with E-state index in [0.29, 0.717) is 35.5 Å². The van der Waals surface area contributed by atoms with E-state index >= 15 is 0 Å². The third-order valence-corrected chi connectivity index (χ3v) is 8.05. The molecule has 159 valence electrons. The number of aryl methyl sites for hydroxylation is 2. The Kier molecular flexibility index (Phi) is 6.72. The molecule has 0 aliphatic heterocycles. The number of Topliss-reactive ketones (excluding diaryl/α,β-unsaturated/α-hetero) is 1. The number of rotatable bonds is 7. The van der Waals surface area contributed by atoms with Gasteiger partial charge in [-0.2, -0.15) is 0 Å².